The predicted octanol–water partition coefficient (Wildman–Crippen LogP) is 3.19. The molecule has 0 aliphatic heterocycles. The molecule has 18 heavy (non-hydrogen) atoms. The van der Waals surface area contributed by atoms with Crippen molar-refractivity contribution in [2.24, 2.45) is 5.73 Å². The molecule has 0 saturated carbocycles. The molecule has 0 aliphatic rings. The minimum Gasteiger partial charge on any atom is -0.328 e. The number of benzene rings is 1. The zero-order valence-corrected chi connectivity index (χ0v) is 11.0. The molecule has 2 aromatic rings. The molecule has 0 spiro atoms. The Morgan fingerprint density at radius 2 is 2.17 bits per heavy atom. The molecule has 0 radical (unpaired) electrons. The van der Waals surface area contributed by atoms with Gasteiger partial charge in [0.2, 0.25) is 0 Å². The van der Waals surface area contributed by atoms with Crippen LogP contribution in [0.5, 0.6) is 0 Å². The second kappa shape index (κ2) is 5.46. The van der Waals surface area contributed by atoms with E-state index < -0.39 is 0 Å². The van der Waals surface area contributed by atoms with Crippen LogP contribution >= 0.6 is 11.6 Å². The number of aromatic nitrogens is 1. The Balaban J connectivity index is 2.28. The van der Waals surface area contributed by atoms with Crippen LogP contribution in [0.3, 0.4) is 0 Å². The first-order valence-corrected chi connectivity index (χ1v) is 6.30. The van der Waals surface area contributed by atoms with E-state index in [4.69, 9.17) is 22.7 Å². The molecular formula is C14H16ClN3. The van der Waals surface area contributed by atoms with Gasteiger partial charge in [-0.15, -0.1) is 0 Å². The van der Waals surface area contributed by atoms with Gasteiger partial charge < -0.3 is 11.1 Å². The van der Waals surface area contributed by atoms with Crippen molar-refractivity contribution in [1.82, 2.24) is 4.98 Å². The smallest absolute Gasteiger partial charge is 0.133 e. The highest BCUT2D eigenvalue weighted by Gasteiger charge is 2.08. The Hall–Kier alpha value is -1.45. The van der Waals surface area contributed by atoms with Crippen LogP contribution in [-0.2, 0) is 6.42 Å². The lowest BCUT2D eigenvalue weighted by Gasteiger charge is -2.09. The van der Waals surface area contributed by atoms with Crippen LogP contribution in [0.1, 0.15) is 18.9 Å². The highest BCUT2D eigenvalue weighted by Crippen LogP contribution is 2.21. The summed E-state index contributed by atoms with van der Waals surface area (Å²) in [6.45, 7) is 1.90. The van der Waals surface area contributed by atoms with Gasteiger partial charge in [-0.05, 0) is 24.6 Å². The zero-order chi connectivity index (χ0) is 13.1. The Kier molecular flexibility index (Phi) is 3.94. The van der Waals surface area contributed by atoms with Gasteiger partial charge in [0.25, 0.3) is 0 Å². The number of halogens is 1. The van der Waals surface area contributed by atoms with Gasteiger partial charge in [0, 0.05) is 30.0 Å². The van der Waals surface area contributed by atoms with E-state index in [1.54, 1.807) is 0 Å². The van der Waals surface area contributed by atoms with Crippen LogP contribution in [0.25, 0.3) is 10.9 Å². The van der Waals surface area contributed by atoms with Gasteiger partial charge in [-0.25, -0.2) is 4.98 Å². The van der Waals surface area contributed by atoms with Crippen molar-refractivity contribution in [3.63, 3.8) is 0 Å². The van der Waals surface area contributed by atoms with E-state index in [0.717, 1.165) is 16.5 Å². The van der Waals surface area contributed by atoms with E-state index in [1.807, 2.05) is 37.3 Å². The Labute approximate surface area is 111 Å². The summed E-state index contributed by atoms with van der Waals surface area (Å²) < 4.78 is 0. The number of nitrogens with zero attached hydrogens (tertiary/aromatic N) is 1. The number of hydrogen-bond acceptors (Lipinski definition) is 3. The van der Waals surface area contributed by atoms with E-state index in [9.17, 15) is 0 Å². The van der Waals surface area contributed by atoms with E-state index in [-0.39, 0.29) is 6.04 Å². The second-order valence-corrected chi connectivity index (χ2v) is 4.95. The van der Waals surface area contributed by atoms with Crippen LogP contribution < -0.4 is 5.73 Å². The van der Waals surface area contributed by atoms with Crippen LogP contribution in [-0.4, -0.2) is 16.7 Å². The summed E-state index contributed by atoms with van der Waals surface area (Å²) in [4.78, 5) is 4.35. The molecule has 1 aromatic carbocycles. The van der Waals surface area contributed by atoms with Gasteiger partial charge in [0.15, 0.2) is 0 Å². The third kappa shape index (κ3) is 3.06. The number of hydrogen-bond donors (Lipinski definition) is 2. The Bertz CT molecular complexity index is 578. The van der Waals surface area contributed by atoms with Crippen molar-refractivity contribution < 1.29 is 0 Å². The standard InChI is InChI=1S/C14H16ClN3/c1-9(16)6-12(17)8-11-7-10-4-2-3-5-13(10)18-14(11)15/h2-5,7,9,17H,6,8,16H2,1H3/t9-/m0/s1. The van der Waals surface area contributed by atoms with Gasteiger partial charge in [0.05, 0.1) is 5.52 Å². The fourth-order valence-electron chi connectivity index (χ4n) is 1.95. The molecule has 1 heterocycles. The first-order chi connectivity index (χ1) is 8.56. The first-order valence-electron chi connectivity index (χ1n) is 5.92. The summed E-state index contributed by atoms with van der Waals surface area (Å²) >= 11 is 6.14. The monoisotopic (exact) mass is 261 g/mol. The predicted molar refractivity (Wildman–Crippen MR) is 76.5 cm³/mol. The van der Waals surface area contributed by atoms with Crippen LogP contribution in [0, 0.1) is 5.41 Å². The number of nitrogens with one attached hydrogen (secondary N) is 1. The maximum Gasteiger partial charge on any atom is 0.133 e. The van der Waals surface area contributed by atoms with Crippen LogP contribution in [0.4, 0.5) is 0 Å². The SMILES string of the molecule is C[C@H](N)CC(=N)Cc1cc2ccccc2nc1Cl. The average molecular weight is 262 g/mol. The molecule has 0 bridgehead atoms. The first kappa shape index (κ1) is 13.0. The maximum absolute atomic E-state index is 7.89. The molecule has 3 nitrogen and oxygen atoms in total. The molecule has 94 valence electrons. The van der Waals surface area contributed by atoms with E-state index in [1.165, 1.54) is 0 Å². The van der Waals surface area contributed by atoms with Crippen LogP contribution in [0.15, 0.2) is 30.3 Å². The molecule has 4 heteroatoms. The van der Waals surface area contributed by atoms with E-state index in [0.29, 0.717) is 23.7 Å². The molecule has 1 atom stereocenters. The molecule has 3 N–H and O–H groups in total. The zero-order valence-electron chi connectivity index (χ0n) is 10.3. The summed E-state index contributed by atoms with van der Waals surface area (Å²) in [6.07, 6.45) is 1.10. The van der Waals surface area contributed by atoms with Gasteiger partial charge in [-0.3, -0.25) is 0 Å². The molecule has 0 fully saturated rings. The average Bonchev–Trinajstić information content (AvgIpc) is 2.29. The summed E-state index contributed by atoms with van der Waals surface area (Å²) in [5, 5.41) is 9.42. The summed E-state index contributed by atoms with van der Waals surface area (Å²) in [5.74, 6) is 0. The van der Waals surface area contributed by atoms with Crippen molar-refractivity contribution in [3.05, 3.63) is 41.0 Å². The summed E-state index contributed by atoms with van der Waals surface area (Å²) in [7, 11) is 0. The summed E-state index contributed by atoms with van der Waals surface area (Å²) in [5.41, 5.74) is 8.04. The number of fused-ring (bicyclic) bond motifs is 1. The van der Waals surface area contributed by atoms with Gasteiger partial charge in [0.1, 0.15) is 5.15 Å². The number of pyridine rings is 1. The lowest BCUT2D eigenvalue weighted by atomic mass is 10.0. The van der Waals surface area contributed by atoms with Crippen molar-refractivity contribution in [2.45, 2.75) is 25.8 Å². The number of nitrogens with two attached hydrogens (primary N) is 1. The van der Waals surface area contributed by atoms with Crippen LogP contribution in [0.2, 0.25) is 5.15 Å². The largest absolute Gasteiger partial charge is 0.328 e. The number of para-hydroxylation sites is 1. The highest BCUT2D eigenvalue weighted by molar-refractivity contribution is 6.30. The van der Waals surface area contributed by atoms with Crippen molar-refractivity contribution >= 4 is 28.2 Å². The third-order valence-corrected chi connectivity index (χ3v) is 3.05. The van der Waals surface area contributed by atoms with E-state index >= 15 is 0 Å². The molecular weight excluding hydrogens is 246 g/mol. The summed E-state index contributed by atoms with van der Waals surface area (Å²) in [6, 6.07) is 9.83. The number of rotatable bonds is 4. The van der Waals surface area contributed by atoms with Crippen molar-refractivity contribution in [2.75, 3.05) is 0 Å². The lowest BCUT2D eigenvalue weighted by molar-refractivity contribution is 0.769. The van der Waals surface area contributed by atoms with Crippen molar-refractivity contribution in [3.8, 4) is 0 Å². The second-order valence-electron chi connectivity index (χ2n) is 4.59. The molecule has 1 aromatic heterocycles. The Morgan fingerprint density at radius 3 is 2.89 bits per heavy atom. The lowest BCUT2D eigenvalue weighted by Crippen LogP contribution is -2.20. The fraction of sp³-hybridized carbons (Fsp3) is 0.286. The van der Waals surface area contributed by atoms with E-state index in [2.05, 4.69) is 4.98 Å². The maximum atomic E-state index is 7.89. The van der Waals surface area contributed by atoms with Gasteiger partial charge in [-0.2, -0.15) is 0 Å². The van der Waals surface area contributed by atoms with Crippen molar-refractivity contribution in [1.29, 1.82) is 5.41 Å². The molecule has 0 unspecified atom stereocenters. The third-order valence-electron chi connectivity index (χ3n) is 2.72. The Morgan fingerprint density at radius 1 is 1.44 bits per heavy atom. The molecule has 0 saturated heterocycles. The molecule has 2 rings (SSSR count). The topological polar surface area (TPSA) is 62.8 Å². The quantitative estimate of drug-likeness (QED) is 0.656. The fourth-order valence-corrected chi connectivity index (χ4v) is 2.16. The minimum atomic E-state index is 0.00434. The van der Waals surface area contributed by atoms with Gasteiger partial charge >= 0.3 is 0 Å². The minimum absolute atomic E-state index is 0.00434. The van der Waals surface area contributed by atoms with Gasteiger partial charge in [-0.1, -0.05) is 29.8 Å². The molecule has 0 amide bonds. The normalized spacial score (nSPS) is 12.6. The molecule has 0 aliphatic carbocycles. The highest BCUT2D eigenvalue weighted by atomic mass is 35.5.